The number of carbonyl (C=O) groups is 1. The van der Waals surface area contributed by atoms with Crippen molar-refractivity contribution in [3.63, 3.8) is 0 Å². The first-order valence-corrected chi connectivity index (χ1v) is 8.74. The van der Waals surface area contributed by atoms with Crippen LogP contribution in [0.15, 0.2) is 18.3 Å². The Balaban J connectivity index is 1.58. The molecule has 4 nitrogen and oxygen atoms in total. The zero-order chi connectivity index (χ0) is 16.0. The van der Waals surface area contributed by atoms with Crippen LogP contribution >= 0.6 is 0 Å². The Bertz CT molecular complexity index is 601. The molecule has 0 unspecified atom stereocenters. The number of hydrogen-bond acceptors (Lipinski definition) is 3. The molecule has 1 aromatic rings. The molecule has 1 N–H and O–H groups in total. The summed E-state index contributed by atoms with van der Waals surface area (Å²) in [6.07, 6.45) is 8.34. The van der Waals surface area contributed by atoms with Gasteiger partial charge in [0.1, 0.15) is 0 Å². The van der Waals surface area contributed by atoms with Crippen molar-refractivity contribution < 1.29 is 14.3 Å². The van der Waals surface area contributed by atoms with Gasteiger partial charge in [-0.3, -0.25) is 4.79 Å². The highest BCUT2D eigenvalue weighted by molar-refractivity contribution is 5.80. The third-order valence-corrected chi connectivity index (χ3v) is 5.99. The van der Waals surface area contributed by atoms with Crippen molar-refractivity contribution in [2.75, 3.05) is 0 Å². The van der Waals surface area contributed by atoms with Crippen molar-refractivity contribution in [2.45, 2.75) is 69.1 Å². The number of pyridine rings is 1. The number of nitrogens with zero attached hydrogens (tertiary/aromatic N) is 2. The van der Waals surface area contributed by atoms with Gasteiger partial charge in [-0.1, -0.05) is 18.9 Å². The molecule has 124 valence electrons. The third kappa shape index (κ3) is 2.45. The lowest BCUT2D eigenvalue weighted by molar-refractivity contribution is -0.146. The summed E-state index contributed by atoms with van der Waals surface area (Å²) in [7, 11) is 0. The molecule has 0 radical (unpaired) electrons. The van der Waals surface area contributed by atoms with Crippen LogP contribution in [0.1, 0.15) is 56.9 Å². The number of hydrogen-bond donors (Lipinski definition) is 1. The van der Waals surface area contributed by atoms with E-state index in [2.05, 4.69) is 4.98 Å². The van der Waals surface area contributed by atoms with Crippen molar-refractivity contribution in [3.05, 3.63) is 29.8 Å². The summed E-state index contributed by atoms with van der Waals surface area (Å²) >= 11 is 0. The van der Waals surface area contributed by atoms with E-state index in [0.29, 0.717) is 12.8 Å². The minimum Gasteiger partial charge on any atom is -0.385 e. The van der Waals surface area contributed by atoms with Crippen molar-refractivity contribution in [1.82, 2.24) is 9.88 Å². The van der Waals surface area contributed by atoms with Gasteiger partial charge < -0.3 is 10.0 Å². The van der Waals surface area contributed by atoms with E-state index in [-0.39, 0.29) is 29.5 Å². The molecule has 2 aliphatic heterocycles. The van der Waals surface area contributed by atoms with E-state index < -0.39 is 11.5 Å². The van der Waals surface area contributed by atoms with Gasteiger partial charge in [-0.15, -0.1) is 0 Å². The molecule has 1 aliphatic carbocycles. The summed E-state index contributed by atoms with van der Waals surface area (Å²) in [4.78, 5) is 18.5. The van der Waals surface area contributed by atoms with Gasteiger partial charge in [0.25, 0.3) is 0 Å². The van der Waals surface area contributed by atoms with Crippen molar-refractivity contribution in [3.8, 4) is 0 Å². The standard InChI is InChI=1S/C18H23FN2O2/c19-16-15(6-3-9-20-16)18(23)10-13-7-8-14(11-18)21(13)17(22)12-4-1-2-5-12/h3,6,9,12-14,23H,1-2,4-5,7-8,10-11H2/t13-,14-/m0/s1. The second kappa shape index (κ2) is 5.55. The molecular weight excluding hydrogens is 295 g/mol. The third-order valence-electron chi connectivity index (χ3n) is 5.99. The highest BCUT2D eigenvalue weighted by Gasteiger charge is 2.51. The van der Waals surface area contributed by atoms with Crippen molar-refractivity contribution in [2.24, 2.45) is 5.92 Å². The van der Waals surface area contributed by atoms with Gasteiger partial charge >= 0.3 is 0 Å². The summed E-state index contributed by atoms with van der Waals surface area (Å²) in [5.41, 5.74) is -0.916. The van der Waals surface area contributed by atoms with Crippen LogP contribution < -0.4 is 0 Å². The predicted octanol–water partition coefficient (Wildman–Crippen LogP) is 2.75. The SMILES string of the molecule is O=C(C1CCCC1)N1[C@H]2CC[C@H]1CC(O)(c1cccnc1F)C2. The second-order valence-electron chi connectivity index (χ2n) is 7.39. The average molecular weight is 318 g/mol. The van der Waals surface area contributed by atoms with E-state index in [0.717, 1.165) is 38.5 Å². The fourth-order valence-corrected chi connectivity index (χ4v) is 4.92. The maximum atomic E-state index is 14.0. The number of fused-ring (bicyclic) bond motifs is 2. The maximum absolute atomic E-state index is 14.0. The Kier molecular flexibility index (Phi) is 3.63. The van der Waals surface area contributed by atoms with Crippen molar-refractivity contribution in [1.29, 1.82) is 0 Å². The number of amides is 1. The molecule has 3 aliphatic rings. The number of carbonyl (C=O) groups excluding carboxylic acids is 1. The second-order valence-corrected chi connectivity index (χ2v) is 7.39. The van der Waals surface area contributed by atoms with Gasteiger partial charge in [0.2, 0.25) is 11.9 Å². The Morgan fingerprint density at radius 3 is 2.48 bits per heavy atom. The van der Waals surface area contributed by atoms with Crippen LogP contribution in [0.4, 0.5) is 4.39 Å². The number of rotatable bonds is 2. The van der Waals surface area contributed by atoms with E-state index in [1.165, 1.54) is 6.20 Å². The quantitative estimate of drug-likeness (QED) is 0.853. The zero-order valence-electron chi connectivity index (χ0n) is 13.2. The fraction of sp³-hybridized carbons (Fsp3) is 0.667. The number of halogens is 1. The van der Waals surface area contributed by atoms with Crippen LogP contribution in [-0.2, 0) is 10.4 Å². The molecule has 0 aromatic carbocycles. The Morgan fingerprint density at radius 1 is 1.22 bits per heavy atom. The Morgan fingerprint density at radius 2 is 1.87 bits per heavy atom. The maximum Gasteiger partial charge on any atom is 0.226 e. The van der Waals surface area contributed by atoms with E-state index in [1.807, 2.05) is 4.90 Å². The zero-order valence-corrected chi connectivity index (χ0v) is 13.2. The first-order chi connectivity index (χ1) is 11.1. The van der Waals surface area contributed by atoms with Crippen LogP contribution in [0.2, 0.25) is 0 Å². The topological polar surface area (TPSA) is 53.4 Å². The van der Waals surface area contributed by atoms with Gasteiger partial charge in [0, 0.05) is 42.6 Å². The molecule has 3 fully saturated rings. The van der Waals surface area contributed by atoms with E-state index in [9.17, 15) is 14.3 Å². The number of aliphatic hydroxyl groups is 1. The lowest BCUT2D eigenvalue weighted by Crippen LogP contribution is -2.53. The Labute approximate surface area is 135 Å². The molecule has 1 aromatic heterocycles. The largest absolute Gasteiger partial charge is 0.385 e. The molecule has 5 heteroatoms. The molecule has 1 amide bonds. The minimum atomic E-state index is -1.20. The molecule has 23 heavy (non-hydrogen) atoms. The highest BCUT2D eigenvalue weighted by atomic mass is 19.1. The molecule has 2 atom stereocenters. The average Bonchev–Trinajstić information content (AvgIpc) is 3.15. The van der Waals surface area contributed by atoms with Crippen LogP contribution in [-0.4, -0.2) is 33.0 Å². The van der Waals surface area contributed by atoms with Crippen LogP contribution in [0.5, 0.6) is 0 Å². The molecule has 4 rings (SSSR count). The Hall–Kier alpha value is -1.49. The van der Waals surface area contributed by atoms with E-state index in [1.54, 1.807) is 12.1 Å². The smallest absolute Gasteiger partial charge is 0.226 e. The van der Waals surface area contributed by atoms with Gasteiger partial charge in [-0.2, -0.15) is 4.39 Å². The van der Waals surface area contributed by atoms with E-state index >= 15 is 0 Å². The molecule has 0 spiro atoms. The van der Waals surface area contributed by atoms with Crippen LogP contribution in [0.3, 0.4) is 0 Å². The monoisotopic (exact) mass is 318 g/mol. The summed E-state index contributed by atoms with van der Waals surface area (Å²) in [5.74, 6) is -0.159. The van der Waals surface area contributed by atoms with Gasteiger partial charge in [0.15, 0.2) is 0 Å². The van der Waals surface area contributed by atoms with Crippen LogP contribution in [0, 0.1) is 11.9 Å². The molecular formula is C18H23FN2O2. The summed E-state index contributed by atoms with van der Waals surface area (Å²) in [6, 6.07) is 3.35. The summed E-state index contributed by atoms with van der Waals surface area (Å²) < 4.78 is 14.0. The van der Waals surface area contributed by atoms with Gasteiger partial charge in [-0.25, -0.2) is 4.98 Å². The van der Waals surface area contributed by atoms with E-state index in [4.69, 9.17) is 0 Å². The number of piperidine rings is 1. The first-order valence-electron chi connectivity index (χ1n) is 8.74. The number of aromatic nitrogens is 1. The lowest BCUT2D eigenvalue weighted by atomic mass is 9.80. The summed E-state index contributed by atoms with van der Waals surface area (Å²) in [6.45, 7) is 0. The molecule has 2 bridgehead atoms. The molecule has 1 saturated carbocycles. The first kappa shape index (κ1) is 15.1. The van der Waals surface area contributed by atoms with Gasteiger partial charge in [-0.05, 0) is 31.7 Å². The van der Waals surface area contributed by atoms with Crippen molar-refractivity contribution >= 4 is 5.91 Å². The highest BCUT2D eigenvalue weighted by Crippen LogP contribution is 2.47. The van der Waals surface area contributed by atoms with Gasteiger partial charge in [0.05, 0.1) is 5.60 Å². The predicted molar refractivity (Wildman–Crippen MR) is 82.9 cm³/mol. The normalized spacial score (nSPS) is 34.1. The molecule has 3 heterocycles. The summed E-state index contributed by atoms with van der Waals surface area (Å²) in [5, 5.41) is 11.1. The lowest BCUT2D eigenvalue weighted by Gasteiger charge is -2.44. The minimum absolute atomic E-state index is 0.0338. The fourth-order valence-electron chi connectivity index (χ4n) is 4.92. The molecule has 2 saturated heterocycles. The van der Waals surface area contributed by atoms with Crippen LogP contribution in [0.25, 0.3) is 0 Å².